The van der Waals surface area contributed by atoms with Gasteiger partial charge in [-0.25, -0.2) is 13.2 Å². The molecule has 7 nitrogen and oxygen atoms in total. The molecule has 0 spiro atoms. The van der Waals surface area contributed by atoms with Gasteiger partial charge in [0.25, 0.3) is 0 Å². The molecule has 0 saturated carbocycles. The lowest BCUT2D eigenvalue weighted by Crippen LogP contribution is -2.45. The number of sulfone groups is 1. The summed E-state index contributed by atoms with van der Waals surface area (Å²) in [7, 11) is -1.74. The van der Waals surface area contributed by atoms with Crippen LogP contribution in [0.1, 0.15) is 0 Å². The maximum Gasteiger partial charge on any atom is 0.319 e. The Kier molecular flexibility index (Phi) is 4.61. The molecular weight excluding hydrogens is 350 g/mol. The number of anilines is 1. The molecule has 1 fully saturated rings. The van der Waals surface area contributed by atoms with Crippen LogP contribution < -0.4 is 10.6 Å². The second-order valence-corrected chi connectivity index (χ2v) is 7.42. The molecule has 1 aliphatic heterocycles. The molecule has 2 rings (SSSR count). The van der Waals surface area contributed by atoms with Gasteiger partial charge in [-0.15, -0.1) is 0 Å². The number of carbonyl (C=O) groups is 1. The van der Waals surface area contributed by atoms with Crippen molar-refractivity contribution < 1.29 is 17.9 Å². The number of ether oxygens (including phenoxy) is 1. The first-order chi connectivity index (χ1) is 9.41. The number of hydrogen-bond acceptors (Lipinski definition) is 5. The van der Waals surface area contributed by atoms with Crippen molar-refractivity contribution in [1.82, 2.24) is 10.3 Å². The number of carbonyl (C=O) groups excluding carboxylic acids is 1. The topological polar surface area (TPSA) is 97.4 Å². The van der Waals surface area contributed by atoms with Gasteiger partial charge in [-0.1, -0.05) is 0 Å². The molecule has 2 atom stereocenters. The molecule has 0 aromatic carbocycles. The van der Waals surface area contributed by atoms with Crippen LogP contribution in [0.4, 0.5) is 10.5 Å². The van der Waals surface area contributed by atoms with E-state index in [-0.39, 0.29) is 11.5 Å². The lowest BCUT2D eigenvalue weighted by Gasteiger charge is -2.18. The molecule has 2 unspecified atom stereocenters. The van der Waals surface area contributed by atoms with E-state index in [9.17, 15) is 13.2 Å². The Bertz CT molecular complexity index is 607. The Morgan fingerprint density at radius 2 is 2.25 bits per heavy atom. The van der Waals surface area contributed by atoms with Crippen LogP contribution in [0, 0.1) is 0 Å². The van der Waals surface area contributed by atoms with Crippen molar-refractivity contribution in [3.63, 3.8) is 0 Å². The number of pyridine rings is 1. The lowest BCUT2D eigenvalue weighted by molar-refractivity contribution is 0.102. The van der Waals surface area contributed by atoms with E-state index in [1.165, 1.54) is 7.11 Å². The van der Waals surface area contributed by atoms with Crippen LogP contribution in [0.2, 0.25) is 0 Å². The predicted molar refractivity (Wildman–Crippen MR) is 77.3 cm³/mol. The van der Waals surface area contributed by atoms with Crippen LogP contribution in [-0.2, 0) is 14.6 Å². The SMILES string of the molecule is COC1CS(=O)(=O)CC1NC(=O)Nc1ccncc1Br. The summed E-state index contributed by atoms with van der Waals surface area (Å²) < 4.78 is 28.8. The van der Waals surface area contributed by atoms with Crippen molar-refractivity contribution in [2.75, 3.05) is 23.9 Å². The molecule has 0 aliphatic carbocycles. The maximum atomic E-state index is 11.9. The molecule has 2 heterocycles. The zero-order chi connectivity index (χ0) is 14.8. The number of aromatic nitrogens is 1. The summed E-state index contributed by atoms with van der Waals surface area (Å²) in [6.45, 7) is 0. The summed E-state index contributed by atoms with van der Waals surface area (Å²) in [5.41, 5.74) is 0.548. The monoisotopic (exact) mass is 363 g/mol. The summed E-state index contributed by atoms with van der Waals surface area (Å²) in [5, 5.41) is 5.24. The third kappa shape index (κ3) is 3.68. The van der Waals surface area contributed by atoms with Crippen LogP contribution in [-0.4, -0.2) is 50.2 Å². The van der Waals surface area contributed by atoms with Gasteiger partial charge < -0.3 is 15.4 Å². The molecule has 2 N–H and O–H groups in total. The smallest absolute Gasteiger partial charge is 0.319 e. The Balaban J connectivity index is 2.00. The van der Waals surface area contributed by atoms with Crippen LogP contribution in [0.25, 0.3) is 0 Å². The molecule has 110 valence electrons. The fourth-order valence-electron chi connectivity index (χ4n) is 1.99. The predicted octanol–water partition coefficient (Wildman–Crippen LogP) is 0.778. The zero-order valence-electron chi connectivity index (χ0n) is 10.7. The standard InChI is InChI=1S/C11H14BrN3O4S/c1-19-10-6-20(17,18)5-9(10)15-11(16)14-8-2-3-13-4-7(8)12/h2-4,9-10H,5-6H2,1H3,(H2,13,14,15,16). The Morgan fingerprint density at radius 3 is 2.90 bits per heavy atom. The van der Waals surface area contributed by atoms with Crippen LogP contribution in [0.15, 0.2) is 22.9 Å². The fraction of sp³-hybridized carbons (Fsp3) is 0.455. The number of nitrogens with one attached hydrogen (secondary N) is 2. The second kappa shape index (κ2) is 6.06. The Hall–Kier alpha value is -1.19. The zero-order valence-corrected chi connectivity index (χ0v) is 13.1. The van der Waals surface area contributed by atoms with Crippen LogP contribution >= 0.6 is 15.9 Å². The third-order valence-electron chi connectivity index (χ3n) is 2.94. The highest BCUT2D eigenvalue weighted by Gasteiger charge is 2.38. The summed E-state index contributed by atoms with van der Waals surface area (Å²) in [6.07, 6.45) is 2.57. The maximum absolute atomic E-state index is 11.9. The molecule has 0 bridgehead atoms. The van der Waals surface area contributed by atoms with E-state index in [4.69, 9.17) is 4.74 Å². The number of methoxy groups -OCH3 is 1. The largest absolute Gasteiger partial charge is 0.378 e. The van der Waals surface area contributed by atoms with Crippen LogP contribution in [0.3, 0.4) is 0 Å². The summed E-state index contributed by atoms with van der Waals surface area (Å²) in [4.78, 5) is 15.8. The summed E-state index contributed by atoms with van der Waals surface area (Å²) >= 11 is 3.26. The second-order valence-electron chi connectivity index (χ2n) is 4.41. The van der Waals surface area contributed by atoms with Gasteiger partial charge in [-0.05, 0) is 22.0 Å². The van der Waals surface area contributed by atoms with E-state index in [1.54, 1.807) is 18.5 Å². The van der Waals surface area contributed by atoms with E-state index >= 15 is 0 Å². The van der Waals surface area contributed by atoms with Crippen LogP contribution in [0.5, 0.6) is 0 Å². The summed E-state index contributed by atoms with van der Waals surface area (Å²) in [6, 6.07) is 0.592. The molecule has 1 saturated heterocycles. The highest BCUT2D eigenvalue weighted by molar-refractivity contribution is 9.10. The van der Waals surface area contributed by atoms with E-state index in [0.29, 0.717) is 10.2 Å². The van der Waals surface area contributed by atoms with Crippen molar-refractivity contribution in [3.8, 4) is 0 Å². The molecule has 0 radical (unpaired) electrons. The van der Waals surface area contributed by atoms with E-state index in [0.717, 1.165) is 0 Å². The van der Waals surface area contributed by atoms with Crippen molar-refractivity contribution in [3.05, 3.63) is 22.9 Å². The van der Waals surface area contributed by atoms with E-state index in [2.05, 4.69) is 31.5 Å². The lowest BCUT2D eigenvalue weighted by atomic mass is 10.2. The van der Waals surface area contributed by atoms with Gasteiger partial charge in [0.1, 0.15) is 0 Å². The molecule has 2 amide bonds. The van der Waals surface area contributed by atoms with Crippen molar-refractivity contribution >= 4 is 37.5 Å². The molecular formula is C11H14BrN3O4S. The van der Waals surface area contributed by atoms with Gasteiger partial charge in [0.15, 0.2) is 9.84 Å². The minimum Gasteiger partial charge on any atom is -0.378 e. The first kappa shape index (κ1) is 15.2. The van der Waals surface area contributed by atoms with Crippen molar-refractivity contribution in [2.45, 2.75) is 12.1 Å². The van der Waals surface area contributed by atoms with Gasteiger partial charge in [-0.2, -0.15) is 0 Å². The van der Waals surface area contributed by atoms with Crippen molar-refractivity contribution in [2.24, 2.45) is 0 Å². The Labute approximate surface area is 125 Å². The molecule has 1 aliphatic rings. The number of urea groups is 1. The van der Waals surface area contributed by atoms with Gasteiger partial charge in [-0.3, -0.25) is 4.98 Å². The van der Waals surface area contributed by atoms with Gasteiger partial charge >= 0.3 is 6.03 Å². The van der Waals surface area contributed by atoms with Gasteiger partial charge in [0.2, 0.25) is 0 Å². The Morgan fingerprint density at radius 1 is 1.50 bits per heavy atom. The first-order valence-electron chi connectivity index (χ1n) is 5.81. The normalized spacial score (nSPS) is 24.3. The molecule has 1 aromatic heterocycles. The number of halogens is 1. The average molecular weight is 364 g/mol. The third-order valence-corrected chi connectivity index (χ3v) is 5.28. The van der Waals surface area contributed by atoms with Gasteiger partial charge in [0, 0.05) is 19.5 Å². The highest BCUT2D eigenvalue weighted by Crippen LogP contribution is 2.20. The first-order valence-corrected chi connectivity index (χ1v) is 8.43. The summed E-state index contributed by atoms with van der Waals surface area (Å²) in [5.74, 6) is -0.191. The molecule has 9 heteroatoms. The van der Waals surface area contributed by atoms with E-state index in [1.807, 2.05) is 0 Å². The molecule has 1 aromatic rings. The van der Waals surface area contributed by atoms with Crippen molar-refractivity contribution in [1.29, 1.82) is 0 Å². The minimum absolute atomic E-state index is 0.0760. The number of rotatable bonds is 3. The minimum atomic E-state index is -3.17. The fourth-order valence-corrected chi connectivity index (χ4v) is 4.19. The molecule has 20 heavy (non-hydrogen) atoms. The number of amides is 2. The van der Waals surface area contributed by atoms with Gasteiger partial charge in [0.05, 0.1) is 33.8 Å². The number of nitrogens with zero attached hydrogens (tertiary/aromatic N) is 1. The number of hydrogen-bond donors (Lipinski definition) is 2. The average Bonchev–Trinajstić information content (AvgIpc) is 2.66. The quantitative estimate of drug-likeness (QED) is 0.826. The highest BCUT2D eigenvalue weighted by atomic mass is 79.9. The van der Waals surface area contributed by atoms with E-state index < -0.39 is 28.0 Å².